The van der Waals surface area contributed by atoms with Crippen LogP contribution in [0.3, 0.4) is 0 Å². The Hall–Kier alpha value is -2.36. The second-order valence-electron chi connectivity index (χ2n) is 5.12. The second kappa shape index (κ2) is 10.4. The first-order valence-electron chi connectivity index (χ1n) is 7.63. The summed E-state index contributed by atoms with van der Waals surface area (Å²) in [4.78, 5) is 50.5. The number of methoxy groups -OCH3 is 2. The molecule has 1 aliphatic rings. The Morgan fingerprint density at radius 1 is 1.08 bits per heavy atom. The van der Waals surface area contributed by atoms with E-state index >= 15 is 0 Å². The summed E-state index contributed by atoms with van der Waals surface area (Å²) in [5.41, 5.74) is 0. The minimum Gasteiger partial charge on any atom is -0.453 e. The smallest absolute Gasteiger partial charge is 0.407 e. The number of hydrogen-bond acceptors (Lipinski definition) is 7. The molecule has 24 heavy (non-hydrogen) atoms. The maximum atomic E-state index is 11.5. The van der Waals surface area contributed by atoms with Gasteiger partial charge < -0.3 is 20.1 Å². The van der Waals surface area contributed by atoms with Crippen LogP contribution in [0.2, 0.25) is 0 Å². The molecule has 0 radical (unpaired) electrons. The molecule has 1 heterocycles. The molecule has 0 saturated carbocycles. The highest BCUT2D eigenvalue weighted by Gasteiger charge is 2.31. The van der Waals surface area contributed by atoms with Crippen LogP contribution in [0.15, 0.2) is 0 Å². The van der Waals surface area contributed by atoms with Crippen molar-refractivity contribution in [3.05, 3.63) is 0 Å². The molecule has 1 aliphatic heterocycles. The Kier molecular flexibility index (Phi) is 8.55. The summed E-state index contributed by atoms with van der Waals surface area (Å²) in [6.07, 6.45) is 0.984. The largest absolute Gasteiger partial charge is 0.453 e. The zero-order chi connectivity index (χ0) is 17.9. The van der Waals surface area contributed by atoms with E-state index < -0.39 is 18.2 Å². The Balaban J connectivity index is 2.37. The lowest BCUT2D eigenvalue weighted by molar-refractivity contribution is -0.189. The van der Waals surface area contributed by atoms with Gasteiger partial charge in [0.25, 0.3) is 11.8 Å². The summed E-state index contributed by atoms with van der Waals surface area (Å²) in [5, 5.41) is 5.87. The molecule has 2 N–H and O–H groups in total. The first kappa shape index (κ1) is 19.7. The Bertz CT molecular complexity index is 453. The fourth-order valence-electron chi connectivity index (χ4n) is 2.07. The Morgan fingerprint density at radius 3 is 2.29 bits per heavy atom. The lowest BCUT2D eigenvalue weighted by atomic mass is 10.1. The average Bonchev–Trinajstić information content (AvgIpc) is 2.89. The highest BCUT2D eigenvalue weighted by molar-refractivity contribution is 6.00. The van der Waals surface area contributed by atoms with Gasteiger partial charge in [-0.1, -0.05) is 0 Å². The van der Waals surface area contributed by atoms with E-state index in [0.29, 0.717) is 25.8 Å². The van der Waals surface area contributed by atoms with Gasteiger partial charge in [0.2, 0.25) is 0 Å². The quantitative estimate of drug-likeness (QED) is 0.455. The molecule has 0 aromatic heterocycles. The summed E-state index contributed by atoms with van der Waals surface area (Å²) in [7, 11) is 2.52. The van der Waals surface area contributed by atoms with Crippen molar-refractivity contribution in [1.29, 1.82) is 0 Å². The second-order valence-corrected chi connectivity index (χ2v) is 5.12. The van der Waals surface area contributed by atoms with Gasteiger partial charge in [-0.25, -0.2) is 9.59 Å². The average molecular weight is 345 g/mol. The van der Waals surface area contributed by atoms with Crippen LogP contribution in [-0.4, -0.2) is 62.5 Å². The van der Waals surface area contributed by atoms with E-state index in [1.54, 1.807) is 0 Å². The maximum absolute atomic E-state index is 11.5. The molecule has 4 amide bonds. The van der Waals surface area contributed by atoms with Crippen molar-refractivity contribution in [2.24, 2.45) is 0 Å². The first-order chi connectivity index (χ1) is 11.5. The fourth-order valence-corrected chi connectivity index (χ4v) is 2.07. The number of amides is 4. The number of imide groups is 1. The molecule has 136 valence electrons. The third-order valence-corrected chi connectivity index (χ3v) is 3.35. The van der Waals surface area contributed by atoms with Gasteiger partial charge in [-0.3, -0.25) is 14.4 Å². The molecule has 0 bridgehead atoms. The number of ether oxygens (including phenoxy) is 2. The van der Waals surface area contributed by atoms with Crippen molar-refractivity contribution in [3.63, 3.8) is 0 Å². The third-order valence-electron chi connectivity index (χ3n) is 3.35. The van der Waals surface area contributed by atoms with Crippen molar-refractivity contribution >= 4 is 24.0 Å². The molecule has 1 fully saturated rings. The Morgan fingerprint density at radius 2 is 1.71 bits per heavy atom. The number of unbranched alkanes of at least 4 members (excludes halogenated alkanes) is 1. The van der Waals surface area contributed by atoms with Crippen molar-refractivity contribution < 1.29 is 33.5 Å². The van der Waals surface area contributed by atoms with E-state index in [2.05, 4.69) is 20.1 Å². The number of carbonyl (C=O) groups is 4. The predicted octanol–water partition coefficient (Wildman–Crippen LogP) is 0.318. The number of nitrogens with zero attached hydrogens (tertiary/aromatic N) is 1. The predicted molar refractivity (Wildman–Crippen MR) is 80.6 cm³/mol. The van der Waals surface area contributed by atoms with Crippen LogP contribution in [0.25, 0.3) is 0 Å². The van der Waals surface area contributed by atoms with Crippen molar-refractivity contribution in [2.45, 2.75) is 38.1 Å². The standard InChI is InChI=1S/C14H23N3O7/c1-22-13(20)15-8-4-3-5-10(16-14(21)23-2)9-24-17-11(18)6-7-12(17)19/h10H,3-9H2,1-2H3,(H,15,20)(H,16,21). The summed E-state index contributed by atoms with van der Waals surface area (Å²) in [5.74, 6) is -0.779. The molecular weight excluding hydrogens is 322 g/mol. The molecule has 0 aromatic rings. The van der Waals surface area contributed by atoms with E-state index in [1.807, 2.05) is 0 Å². The van der Waals surface area contributed by atoms with Gasteiger partial charge in [0.1, 0.15) is 0 Å². The van der Waals surface area contributed by atoms with E-state index in [4.69, 9.17) is 4.84 Å². The topological polar surface area (TPSA) is 123 Å². The van der Waals surface area contributed by atoms with Crippen LogP contribution < -0.4 is 10.6 Å². The van der Waals surface area contributed by atoms with Crippen molar-refractivity contribution in [2.75, 3.05) is 27.4 Å². The molecule has 0 aliphatic carbocycles. The van der Waals surface area contributed by atoms with Crippen LogP contribution >= 0.6 is 0 Å². The summed E-state index contributed by atoms with van der Waals surface area (Å²) in [6.45, 7) is 0.401. The van der Waals surface area contributed by atoms with E-state index in [-0.39, 0.29) is 31.3 Å². The molecule has 10 nitrogen and oxygen atoms in total. The van der Waals surface area contributed by atoms with E-state index in [0.717, 1.165) is 5.06 Å². The lowest BCUT2D eigenvalue weighted by Crippen LogP contribution is -2.41. The number of carbonyl (C=O) groups excluding carboxylic acids is 4. The van der Waals surface area contributed by atoms with Crippen LogP contribution in [0.4, 0.5) is 9.59 Å². The zero-order valence-electron chi connectivity index (χ0n) is 13.8. The number of rotatable bonds is 9. The van der Waals surface area contributed by atoms with Gasteiger partial charge in [0.15, 0.2) is 0 Å². The number of hydrogen-bond donors (Lipinski definition) is 2. The first-order valence-corrected chi connectivity index (χ1v) is 7.63. The monoisotopic (exact) mass is 345 g/mol. The lowest BCUT2D eigenvalue weighted by Gasteiger charge is -2.20. The molecule has 1 atom stereocenters. The maximum Gasteiger partial charge on any atom is 0.407 e. The van der Waals surface area contributed by atoms with Crippen molar-refractivity contribution in [3.8, 4) is 0 Å². The number of alkyl carbamates (subject to hydrolysis) is 2. The Labute approximate surface area is 139 Å². The summed E-state index contributed by atoms with van der Waals surface area (Å²) >= 11 is 0. The number of nitrogens with one attached hydrogen (secondary N) is 2. The molecule has 1 rings (SSSR count). The molecule has 10 heteroatoms. The van der Waals surface area contributed by atoms with Crippen LogP contribution in [0, 0.1) is 0 Å². The summed E-state index contributed by atoms with van der Waals surface area (Å²) < 4.78 is 8.99. The molecule has 1 saturated heterocycles. The third kappa shape index (κ3) is 6.82. The molecule has 1 unspecified atom stereocenters. The SMILES string of the molecule is COC(=O)NCCCCC(CON1C(=O)CCC1=O)NC(=O)OC. The summed E-state index contributed by atoms with van der Waals surface area (Å²) in [6, 6.07) is -0.434. The molecule has 0 spiro atoms. The zero-order valence-corrected chi connectivity index (χ0v) is 13.8. The molecular formula is C14H23N3O7. The van der Waals surface area contributed by atoms with Gasteiger partial charge in [-0.2, -0.15) is 5.06 Å². The van der Waals surface area contributed by atoms with Gasteiger partial charge in [0.05, 0.1) is 26.9 Å². The minimum atomic E-state index is -0.629. The highest BCUT2D eigenvalue weighted by Crippen LogP contribution is 2.13. The van der Waals surface area contributed by atoms with Gasteiger partial charge in [-0.05, 0) is 19.3 Å². The van der Waals surface area contributed by atoms with Crippen LogP contribution in [-0.2, 0) is 23.9 Å². The van der Waals surface area contributed by atoms with Crippen molar-refractivity contribution in [1.82, 2.24) is 15.7 Å². The molecule has 0 aromatic carbocycles. The number of hydroxylamine groups is 2. The van der Waals surface area contributed by atoms with E-state index in [9.17, 15) is 19.2 Å². The normalized spacial score (nSPS) is 15.2. The highest BCUT2D eigenvalue weighted by atomic mass is 16.7. The van der Waals surface area contributed by atoms with E-state index in [1.165, 1.54) is 14.2 Å². The van der Waals surface area contributed by atoms with Gasteiger partial charge in [0, 0.05) is 19.4 Å². The van der Waals surface area contributed by atoms with Gasteiger partial charge >= 0.3 is 12.2 Å². The van der Waals surface area contributed by atoms with Crippen LogP contribution in [0.1, 0.15) is 32.1 Å². The minimum absolute atomic E-state index is 0.0307. The van der Waals surface area contributed by atoms with Gasteiger partial charge in [-0.15, -0.1) is 0 Å². The van der Waals surface area contributed by atoms with Crippen LogP contribution in [0.5, 0.6) is 0 Å². The fraction of sp³-hybridized carbons (Fsp3) is 0.714.